The van der Waals surface area contributed by atoms with Crippen LogP contribution in [-0.2, 0) is 4.79 Å². The first-order valence-corrected chi connectivity index (χ1v) is 3.99. The lowest BCUT2D eigenvalue weighted by atomic mass is 10.0. The van der Waals surface area contributed by atoms with E-state index in [1.807, 2.05) is 6.92 Å². The Morgan fingerprint density at radius 3 is 2.55 bits per heavy atom. The van der Waals surface area contributed by atoms with E-state index < -0.39 is 5.97 Å². The Morgan fingerprint density at radius 1 is 1.45 bits per heavy atom. The van der Waals surface area contributed by atoms with Crippen molar-refractivity contribution < 1.29 is 15.0 Å². The van der Waals surface area contributed by atoms with Crippen molar-refractivity contribution in [3.63, 3.8) is 0 Å². The van der Waals surface area contributed by atoms with E-state index in [1.54, 1.807) is 0 Å². The van der Waals surface area contributed by atoms with E-state index >= 15 is 0 Å². The summed E-state index contributed by atoms with van der Waals surface area (Å²) >= 11 is 0. The minimum absolute atomic E-state index is 0.203. The minimum Gasteiger partial charge on any atom is -0.481 e. The zero-order valence-electron chi connectivity index (χ0n) is 6.92. The number of carboxylic acids is 1. The van der Waals surface area contributed by atoms with Crippen LogP contribution in [0, 0.1) is 5.92 Å². The van der Waals surface area contributed by atoms with Gasteiger partial charge in [0.2, 0.25) is 0 Å². The van der Waals surface area contributed by atoms with Gasteiger partial charge in [0.15, 0.2) is 0 Å². The molecule has 0 saturated carbocycles. The zero-order chi connectivity index (χ0) is 8.69. The van der Waals surface area contributed by atoms with Gasteiger partial charge in [0.05, 0.1) is 0 Å². The number of carboxylic acid groups (broad SMARTS) is 1. The summed E-state index contributed by atoms with van der Waals surface area (Å²) in [5.74, 6) is -0.291. The molecule has 0 amide bonds. The quantitative estimate of drug-likeness (QED) is 0.615. The van der Waals surface area contributed by atoms with Gasteiger partial charge in [-0.25, -0.2) is 0 Å². The van der Waals surface area contributed by atoms with Gasteiger partial charge in [-0.05, 0) is 18.8 Å². The lowest BCUT2D eigenvalue weighted by Crippen LogP contribution is -2.00. The highest BCUT2D eigenvalue weighted by Crippen LogP contribution is 2.10. The molecule has 1 atom stereocenters. The summed E-state index contributed by atoms with van der Waals surface area (Å²) in [5.41, 5.74) is 0. The molecule has 0 heterocycles. The second-order valence-corrected chi connectivity index (χ2v) is 2.90. The maximum Gasteiger partial charge on any atom is 0.303 e. The van der Waals surface area contributed by atoms with Crippen molar-refractivity contribution in [1.29, 1.82) is 0 Å². The number of carbonyl (C=O) groups is 1. The summed E-state index contributed by atoms with van der Waals surface area (Å²) in [5, 5.41) is 16.8. The first kappa shape index (κ1) is 10.4. The van der Waals surface area contributed by atoms with Crippen molar-refractivity contribution in [2.75, 3.05) is 6.61 Å². The molecule has 0 aliphatic carbocycles. The van der Waals surface area contributed by atoms with Gasteiger partial charge < -0.3 is 10.2 Å². The highest BCUT2D eigenvalue weighted by Gasteiger charge is 2.02. The van der Waals surface area contributed by atoms with Crippen LogP contribution in [0.2, 0.25) is 0 Å². The summed E-state index contributed by atoms with van der Waals surface area (Å²) in [4.78, 5) is 10.1. The third-order valence-corrected chi connectivity index (χ3v) is 1.71. The van der Waals surface area contributed by atoms with Crippen molar-refractivity contribution >= 4 is 5.97 Å². The molecule has 0 aliphatic rings. The molecule has 11 heavy (non-hydrogen) atoms. The fourth-order valence-corrected chi connectivity index (χ4v) is 0.966. The van der Waals surface area contributed by atoms with E-state index in [-0.39, 0.29) is 13.0 Å². The van der Waals surface area contributed by atoms with Gasteiger partial charge in [-0.3, -0.25) is 4.79 Å². The van der Waals surface area contributed by atoms with Crippen molar-refractivity contribution in [3.05, 3.63) is 0 Å². The molecule has 0 aliphatic heterocycles. The van der Waals surface area contributed by atoms with Crippen molar-refractivity contribution in [3.8, 4) is 0 Å². The molecule has 3 heteroatoms. The molecule has 66 valence electrons. The number of hydrogen-bond acceptors (Lipinski definition) is 2. The molecule has 2 N–H and O–H groups in total. The number of hydrogen-bond donors (Lipinski definition) is 2. The van der Waals surface area contributed by atoms with Crippen LogP contribution in [-0.4, -0.2) is 22.8 Å². The van der Waals surface area contributed by atoms with Crippen LogP contribution in [0.4, 0.5) is 0 Å². The Labute approximate surface area is 67.0 Å². The summed E-state index contributed by atoms with van der Waals surface area (Å²) < 4.78 is 0. The number of aliphatic hydroxyl groups excluding tert-OH is 1. The summed E-state index contributed by atoms with van der Waals surface area (Å²) in [6.07, 6.45) is 2.64. The SMILES string of the molecule is CC(CCO)CCCC(=O)O. The van der Waals surface area contributed by atoms with Gasteiger partial charge in [-0.2, -0.15) is 0 Å². The molecule has 0 aromatic rings. The lowest BCUT2D eigenvalue weighted by Gasteiger charge is -2.06. The van der Waals surface area contributed by atoms with Crippen LogP contribution in [0.3, 0.4) is 0 Å². The largest absolute Gasteiger partial charge is 0.481 e. The first-order chi connectivity index (χ1) is 5.16. The zero-order valence-corrected chi connectivity index (χ0v) is 6.92. The molecule has 1 unspecified atom stereocenters. The van der Waals surface area contributed by atoms with E-state index in [4.69, 9.17) is 10.2 Å². The Balaban J connectivity index is 3.16. The monoisotopic (exact) mass is 160 g/mol. The molecule has 0 aromatic heterocycles. The lowest BCUT2D eigenvalue weighted by molar-refractivity contribution is -0.137. The maximum atomic E-state index is 10.1. The Bertz CT molecular complexity index is 112. The molecule has 0 rings (SSSR count). The molecule has 0 fully saturated rings. The van der Waals surface area contributed by atoms with E-state index in [1.165, 1.54) is 0 Å². The van der Waals surface area contributed by atoms with Gasteiger partial charge in [0, 0.05) is 13.0 Å². The molecule has 0 radical (unpaired) electrons. The summed E-state index contributed by atoms with van der Waals surface area (Å²) in [6, 6.07) is 0. The molecule has 3 nitrogen and oxygen atoms in total. The summed E-state index contributed by atoms with van der Waals surface area (Å²) in [6.45, 7) is 2.23. The fraction of sp³-hybridized carbons (Fsp3) is 0.875. The van der Waals surface area contributed by atoms with Crippen molar-refractivity contribution in [1.82, 2.24) is 0 Å². The van der Waals surface area contributed by atoms with Crippen LogP contribution in [0.15, 0.2) is 0 Å². The van der Waals surface area contributed by atoms with E-state index in [0.29, 0.717) is 5.92 Å². The van der Waals surface area contributed by atoms with Gasteiger partial charge >= 0.3 is 5.97 Å². The van der Waals surface area contributed by atoms with E-state index in [2.05, 4.69) is 0 Å². The second-order valence-electron chi connectivity index (χ2n) is 2.90. The van der Waals surface area contributed by atoms with Crippen LogP contribution < -0.4 is 0 Å². The number of aliphatic carboxylic acids is 1. The van der Waals surface area contributed by atoms with E-state index in [9.17, 15) is 4.79 Å². The molecule has 0 saturated heterocycles. The first-order valence-electron chi connectivity index (χ1n) is 3.99. The van der Waals surface area contributed by atoms with Gasteiger partial charge in [0.25, 0.3) is 0 Å². The smallest absolute Gasteiger partial charge is 0.303 e. The normalized spacial score (nSPS) is 12.9. The minimum atomic E-state index is -0.735. The highest BCUT2D eigenvalue weighted by atomic mass is 16.4. The van der Waals surface area contributed by atoms with Gasteiger partial charge in [0.1, 0.15) is 0 Å². The Hall–Kier alpha value is -0.570. The predicted molar refractivity (Wildman–Crippen MR) is 42.4 cm³/mol. The topological polar surface area (TPSA) is 57.5 Å². The number of rotatable bonds is 6. The average Bonchev–Trinajstić information content (AvgIpc) is 1.87. The average molecular weight is 160 g/mol. The molecule has 0 aromatic carbocycles. The molecule has 0 spiro atoms. The second kappa shape index (κ2) is 6.16. The van der Waals surface area contributed by atoms with Crippen LogP contribution in [0.5, 0.6) is 0 Å². The van der Waals surface area contributed by atoms with E-state index in [0.717, 1.165) is 19.3 Å². The Kier molecular flexibility index (Phi) is 5.84. The van der Waals surface area contributed by atoms with Crippen LogP contribution in [0.1, 0.15) is 32.6 Å². The molecular weight excluding hydrogens is 144 g/mol. The third kappa shape index (κ3) is 7.33. The number of aliphatic hydroxyl groups is 1. The summed E-state index contributed by atoms with van der Waals surface area (Å²) in [7, 11) is 0. The fourth-order valence-electron chi connectivity index (χ4n) is 0.966. The molecule has 0 bridgehead atoms. The van der Waals surface area contributed by atoms with Gasteiger partial charge in [-0.15, -0.1) is 0 Å². The molecular formula is C8H16O3. The predicted octanol–water partition coefficient (Wildman–Crippen LogP) is 1.26. The highest BCUT2D eigenvalue weighted by molar-refractivity contribution is 5.66. The standard InChI is InChI=1S/C8H16O3/c1-7(5-6-9)3-2-4-8(10)11/h7,9H,2-6H2,1H3,(H,10,11). The maximum absolute atomic E-state index is 10.1. The van der Waals surface area contributed by atoms with Crippen LogP contribution in [0.25, 0.3) is 0 Å². The third-order valence-electron chi connectivity index (χ3n) is 1.71. The van der Waals surface area contributed by atoms with Crippen molar-refractivity contribution in [2.45, 2.75) is 32.6 Å². The van der Waals surface area contributed by atoms with Gasteiger partial charge in [-0.1, -0.05) is 13.3 Å². The van der Waals surface area contributed by atoms with Crippen LogP contribution >= 0.6 is 0 Å². The van der Waals surface area contributed by atoms with Crippen molar-refractivity contribution in [2.24, 2.45) is 5.92 Å². The Morgan fingerprint density at radius 2 is 2.09 bits per heavy atom.